The molecule has 0 spiro atoms. The summed E-state index contributed by atoms with van der Waals surface area (Å²) in [4.78, 5) is 20.7. The molecule has 28 heavy (non-hydrogen) atoms. The van der Waals surface area contributed by atoms with Gasteiger partial charge in [0.15, 0.2) is 0 Å². The smallest absolute Gasteiger partial charge is 0.295 e. The molecule has 1 N–H and O–H groups in total. The van der Waals surface area contributed by atoms with Gasteiger partial charge in [-0.05, 0) is 59.0 Å². The number of amides is 1. The van der Waals surface area contributed by atoms with Crippen molar-refractivity contribution < 1.29 is 4.79 Å². The third-order valence-corrected chi connectivity index (χ3v) is 5.36. The van der Waals surface area contributed by atoms with Crippen molar-refractivity contribution in [2.24, 2.45) is 10.2 Å². The Morgan fingerprint density at radius 2 is 1.61 bits per heavy atom. The fraction of sp³-hybridized carbons (Fsp3) is 0. The van der Waals surface area contributed by atoms with Gasteiger partial charge in [-0.15, -0.1) is 10.2 Å². The predicted octanol–water partition coefficient (Wildman–Crippen LogP) is 6.35. The number of carbonyl (C=O) groups excluding carboxylic acids is 1. The normalized spacial score (nSPS) is 11.8. The molecule has 2 aliphatic rings. The van der Waals surface area contributed by atoms with Crippen LogP contribution in [-0.2, 0) is 0 Å². The van der Waals surface area contributed by atoms with Crippen LogP contribution in [0.4, 0.5) is 5.69 Å². The molecule has 0 atom stereocenters. The van der Waals surface area contributed by atoms with Crippen molar-refractivity contribution in [2.75, 3.05) is 0 Å². The van der Waals surface area contributed by atoms with E-state index in [0.29, 0.717) is 11.3 Å². The average molecular weight is 476 g/mol. The summed E-state index contributed by atoms with van der Waals surface area (Å²) in [5.74, 6) is -0.372. The van der Waals surface area contributed by atoms with E-state index in [1.54, 1.807) is 12.1 Å². The lowest BCUT2D eigenvalue weighted by Gasteiger charge is -2.04. The van der Waals surface area contributed by atoms with E-state index in [1.165, 1.54) is 0 Å². The first-order chi connectivity index (χ1) is 13.7. The molecule has 1 heterocycles. The Morgan fingerprint density at radius 1 is 0.893 bits per heavy atom. The Bertz CT molecular complexity index is 1340. The van der Waals surface area contributed by atoms with E-state index in [9.17, 15) is 4.79 Å². The lowest BCUT2D eigenvalue weighted by molar-refractivity contribution is 0.0995. The van der Waals surface area contributed by atoms with Gasteiger partial charge in [0.2, 0.25) is 0 Å². The van der Waals surface area contributed by atoms with E-state index in [0.717, 1.165) is 36.8 Å². The fourth-order valence-electron chi connectivity index (χ4n) is 3.29. The zero-order valence-electron chi connectivity index (χ0n) is 14.6. The van der Waals surface area contributed by atoms with Crippen LogP contribution in [0, 0.1) is 3.57 Å². The largest absolute Gasteiger partial charge is 0.350 e. The number of halogens is 1. The Morgan fingerprint density at radius 3 is 2.43 bits per heavy atom. The van der Waals surface area contributed by atoms with Crippen molar-refractivity contribution in [1.29, 1.82) is 0 Å². The summed E-state index contributed by atoms with van der Waals surface area (Å²) in [5.41, 5.74) is 4.53. The van der Waals surface area contributed by atoms with Crippen LogP contribution in [0.3, 0.4) is 0 Å². The Balaban J connectivity index is 1.68. The van der Waals surface area contributed by atoms with E-state index in [1.807, 2.05) is 60.7 Å². The number of carbonyl (C=O) groups is 1. The Kier molecular flexibility index (Phi) is 4.12. The highest BCUT2D eigenvalue weighted by atomic mass is 127. The maximum atomic E-state index is 12.4. The van der Waals surface area contributed by atoms with E-state index in [-0.39, 0.29) is 5.91 Å². The van der Waals surface area contributed by atoms with Gasteiger partial charge in [0.1, 0.15) is 5.69 Å². The van der Waals surface area contributed by atoms with Crippen LogP contribution in [-0.4, -0.2) is 15.9 Å². The van der Waals surface area contributed by atoms with Gasteiger partial charge in [-0.1, -0.05) is 36.4 Å². The molecular formula is C22H13IN4O. The lowest BCUT2D eigenvalue weighted by Crippen LogP contribution is -1.93. The molecular weight excluding hydrogens is 463 g/mol. The van der Waals surface area contributed by atoms with Crippen molar-refractivity contribution in [2.45, 2.75) is 0 Å². The molecule has 0 fully saturated rings. The van der Waals surface area contributed by atoms with Gasteiger partial charge < -0.3 is 4.98 Å². The quantitative estimate of drug-likeness (QED) is 0.238. The number of aromatic nitrogens is 2. The first-order valence-corrected chi connectivity index (χ1v) is 9.79. The third-order valence-electron chi connectivity index (χ3n) is 4.64. The molecule has 3 aromatic carbocycles. The van der Waals surface area contributed by atoms with Crippen molar-refractivity contribution in [3.8, 4) is 11.4 Å². The van der Waals surface area contributed by atoms with Crippen molar-refractivity contribution in [3.05, 3.63) is 81.9 Å². The molecule has 1 aliphatic carbocycles. The Hall–Kier alpha value is -3.13. The average Bonchev–Trinajstić information content (AvgIpc) is 3.03. The van der Waals surface area contributed by atoms with Crippen LogP contribution < -0.4 is 0 Å². The fourth-order valence-corrected chi connectivity index (χ4v) is 3.65. The van der Waals surface area contributed by atoms with Crippen LogP contribution in [0.25, 0.3) is 33.2 Å². The van der Waals surface area contributed by atoms with Crippen LogP contribution >= 0.6 is 22.6 Å². The first kappa shape index (κ1) is 17.0. The van der Waals surface area contributed by atoms with Crippen molar-refractivity contribution >= 4 is 56.0 Å². The Labute approximate surface area is 174 Å². The molecule has 0 radical (unpaired) electrons. The summed E-state index contributed by atoms with van der Waals surface area (Å²) in [6.07, 6.45) is 0. The van der Waals surface area contributed by atoms with E-state index < -0.39 is 0 Å². The monoisotopic (exact) mass is 476 g/mol. The van der Waals surface area contributed by atoms with Gasteiger partial charge in [-0.3, -0.25) is 4.79 Å². The van der Waals surface area contributed by atoms with Gasteiger partial charge in [-0.25, -0.2) is 4.98 Å². The number of benzene rings is 3. The molecule has 1 amide bonds. The molecule has 0 aromatic heterocycles. The van der Waals surface area contributed by atoms with Crippen molar-refractivity contribution in [1.82, 2.24) is 9.97 Å². The number of fused-ring (bicyclic) bond motifs is 4. The first-order valence-electron chi connectivity index (χ1n) is 8.71. The number of nitrogens with zero attached hydrogens (tertiary/aromatic N) is 3. The van der Waals surface area contributed by atoms with Gasteiger partial charge >= 0.3 is 0 Å². The minimum atomic E-state index is -0.372. The second kappa shape index (κ2) is 6.79. The molecule has 3 aromatic rings. The second-order valence-corrected chi connectivity index (χ2v) is 7.63. The summed E-state index contributed by atoms with van der Waals surface area (Å²) in [7, 11) is 0. The SMILES string of the molecule is O=C(N=Nc1c2[nH]c3ccccc3nc-2c2ccccc12)c1ccc(I)cc1. The number of hydrogen-bond acceptors (Lipinski definition) is 3. The van der Waals surface area contributed by atoms with E-state index in [2.05, 4.69) is 37.8 Å². The van der Waals surface area contributed by atoms with Crippen LogP contribution in [0.1, 0.15) is 10.4 Å². The molecule has 0 unspecified atom stereocenters. The summed E-state index contributed by atoms with van der Waals surface area (Å²) in [6, 6.07) is 23.0. The number of aromatic amines is 1. The second-order valence-electron chi connectivity index (χ2n) is 6.38. The van der Waals surface area contributed by atoms with E-state index >= 15 is 0 Å². The molecule has 5 rings (SSSR count). The number of para-hydroxylation sites is 2. The summed E-state index contributed by atoms with van der Waals surface area (Å²) >= 11 is 2.20. The van der Waals surface area contributed by atoms with Gasteiger partial charge in [0.25, 0.3) is 5.91 Å². The number of nitrogens with one attached hydrogen (secondary N) is 1. The minimum absolute atomic E-state index is 0.372. The highest BCUT2D eigenvalue weighted by molar-refractivity contribution is 14.1. The molecule has 134 valence electrons. The number of H-pyrrole nitrogens is 1. The molecule has 0 saturated heterocycles. The van der Waals surface area contributed by atoms with Gasteiger partial charge in [0, 0.05) is 19.9 Å². The predicted molar refractivity (Wildman–Crippen MR) is 118 cm³/mol. The maximum Gasteiger partial charge on any atom is 0.295 e. The molecule has 5 nitrogen and oxygen atoms in total. The van der Waals surface area contributed by atoms with Crippen LogP contribution in [0.2, 0.25) is 0 Å². The topological polar surface area (TPSA) is 70.5 Å². The van der Waals surface area contributed by atoms with Crippen LogP contribution in [0.15, 0.2) is 83.0 Å². The summed E-state index contributed by atoms with van der Waals surface area (Å²) in [5, 5.41) is 10.2. The molecule has 6 heteroatoms. The highest BCUT2D eigenvalue weighted by Crippen LogP contribution is 2.43. The molecule has 1 aliphatic heterocycles. The maximum absolute atomic E-state index is 12.4. The standard InChI is InChI=1S/C22H13IN4O/c23-14-11-9-13(10-12-14)22(28)27-26-20-16-6-2-1-5-15(16)19-21(20)25-18-8-4-3-7-17(18)24-19/h1-12,25H. The zero-order valence-corrected chi connectivity index (χ0v) is 16.7. The van der Waals surface area contributed by atoms with Gasteiger partial charge in [0.05, 0.1) is 22.4 Å². The summed E-state index contributed by atoms with van der Waals surface area (Å²) < 4.78 is 1.06. The van der Waals surface area contributed by atoms with Crippen molar-refractivity contribution in [3.63, 3.8) is 0 Å². The van der Waals surface area contributed by atoms with E-state index in [4.69, 9.17) is 4.98 Å². The lowest BCUT2D eigenvalue weighted by atomic mass is 10.2. The summed E-state index contributed by atoms with van der Waals surface area (Å²) in [6.45, 7) is 0. The minimum Gasteiger partial charge on any atom is -0.350 e. The number of azo groups is 1. The number of hydrogen-bond donors (Lipinski definition) is 1. The highest BCUT2D eigenvalue weighted by Gasteiger charge is 2.20. The van der Waals surface area contributed by atoms with Crippen LogP contribution in [0.5, 0.6) is 0 Å². The third kappa shape index (κ3) is 2.86. The molecule has 0 saturated carbocycles. The zero-order chi connectivity index (χ0) is 19.1. The molecule has 0 bridgehead atoms. The van der Waals surface area contributed by atoms with Gasteiger partial charge in [-0.2, -0.15) is 0 Å². The number of rotatable bonds is 2.